The molecule has 11 aromatic rings. The lowest BCUT2D eigenvalue weighted by Crippen LogP contribution is -2.26. The molecule has 3 aliphatic carbocycles. The smallest absolute Gasteiger partial charge is 0.0737 e. The minimum absolute atomic E-state index is 0.582. The van der Waals surface area contributed by atoms with Crippen LogP contribution in [0.15, 0.2) is 231 Å². The molecular formula is C74H64N2. The fourth-order valence-corrected chi connectivity index (χ4v) is 14.3. The molecule has 1 unspecified atom stereocenters. The predicted molar refractivity (Wildman–Crippen MR) is 323 cm³/mol. The van der Waals surface area contributed by atoms with Crippen LogP contribution in [0.25, 0.3) is 54.6 Å². The molecule has 1 atom stereocenters. The van der Waals surface area contributed by atoms with Gasteiger partial charge in [-0.05, 0) is 198 Å². The summed E-state index contributed by atoms with van der Waals surface area (Å²) in [6.07, 6.45) is 11.5. The van der Waals surface area contributed by atoms with Gasteiger partial charge < -0.3 is 9.80 Å². The summed E-state index contributed by atoms with van der Waals surface area (Å²) in [4.78, 5) is 4.90. The zero-order valence-corrected chi connectivity index (χ0v) is 43.9. The molecule has 0 heterocycles. The van der Waals surface area contributed by atoms with Gasteiger partial charge in [0, 0.05) is 34.1 Å². The van der Waals surface area contributed by atoms with Gasteiger partial charge in [-0.2, -0.15) is 0 Å². The molecule has 1 spiro atoms. The number of unbranched alkanes of at least 4 members (excludes halogenated alkanes) is 1. The minimum atomic E-state index is -0.584. The first-order chi connectivity index (χ1) is 37.6. The lowest BCUT2D eigenvalue weighted by Gasteiger charge is -2.33. The van der Waals surface area contributed by atoms with Crippen molar-refractivity contribution in [3.05, 3.63) is 264 Å². The SMILES string of the molecule is CCCCC(CC)c1ccc(N(c2ccccc2)c2ccc3c4c(ccc3c2)-c2c(c3ccc(N(c5ccccc5)c5ccc(C6CCCCC6)cc5)cc3c3ccccc23)C42c3ccccc3-c3ccccc32)cc1. The molecule has 2 heteroatoms. The van der Waals surface area contributed by atoms with Crippen LogP contribution in [0, 0.1) is 0 Å². The van der Waals surface area contributed by atoms with E-state index < -0.39 is 5.41 Å². The van der Waals surface area contributed by atoms with Gasteiger partial charge in [0.1, 0.15) is 0 Å². The van der Waals surface area contributed by atoms with Crippen LogP contribution in [0.3, 0.4) is 0 Å². The minimum Gasteiger partial charge on any atom is -0.310 e. The fraction of sp³-hybridized carbons (Fsp3) is 0.189. The Kier molecular flexibility index (Phi) is 11.7. The van der Waals surface area contributed by atoms with Crippen LogP contribution in [0.2, 0.25) is 0 Å². The summed E-state index contributed by atoms with van der Waals surface area (Å²) in [5.41, 5.74) is 20.0. The van der Waals surface area contributed by atoms with Gasteiger partial charge in [-0.3, -0.25) is 0 Å². The molecule has 370 valence electrons. The molecule has 0 aliphatic heterocycles. The van der Waals surface area contributed by atoms with Crippen LogP contribution < -0.4 is 9.80 Å². The summed E-state index contributed by atoms with van der Waals surface area (Å²) < 4.78 is 0. The number of anilines is 6. The van der Waals surface area contributed by atoms with E-state index in [0.29, 0.717) is 11.8 Å². The molecule has 3 aliphatic rings. The van der Waals surface area contributed by atoms with Crippen molar-refractivity contribution >= 4 is 66.4 Å². The highest BCUT2D eigenvalue weighted by molar-refractivity contribution is 6.22. The maximum atomic E-state index is 2.49. The predicted octanol–water partition coefficient (Wildman–Crippen LogP) is 21.2. The zero-order valence-electron chi connectivity index (χ0n) is 43.9. The number of fused-ring (bicyclic) bond motifs is 17. The standard InChI is InChI=1S/C74H64N2/c1-3-5-21-50(4-2)52-34-39-57(40-35-52)75(55-24-11-7-12-25-55)59-43-46-61-54(48-59)38-45-67-71-65-31-16-15-28-62(65)68-49-60(76(56-26-13-8-14-27-56)58-41-36-53(37-42-58)51-22-9-6-10-23-51)44-47-66(68)73(71)74(72(61)67)69-32-19-17-29-63(69)64-30-18-20-33-70(64)74/h7-8,11-20,24-51H,3-6,9-10,21-23H2,1-2H3. The number of nitrogens with zero attached hydrogens (tertiary/aromatic N) is 2. The van der Waals surface area contributed by atoms with Gasteiger partial charge in [-0.15, -0.1) is 0 Å². The first kappa shape index (κ1) is 46.3. The topological polar surface area (TPSA) is 6.48 Å². The molecule has 11 aromatic carbocycles. The first-order valence-corrected chi connectivity index (χ1v) is 28.3. The number of benzene rings is 11. The number of hydrogen-bond donors (Lipinski definition) is 0. The molecule has 0 aromatic heterocycles. The largest absolute Gasteiger partial charge is 0.310 e. The van der Waals surface area contributed by atoms with Gasteiger partial charge in [-0.25, -0.2) is 0 Å². The van der Waals surface area contributed by atoms with E-state index in [4.69, 9.17) is 0 Å². The molecule has 0 N–H and O–H groups in total. The second-order valence-electron chi connectivity index (χ2n) is 21.9. The summed E-state index contributed by atoms with van der Waals surface area (Å²) in [7, 11) is 0. The van der Waals surface area contributed by atoms with Gasteiger partial charge >= 0.3 is 0 Å². The number of hydrogen-bond acceptors (Lipinski definition) is 2. The van der Waals surface area contributed by atoms with Crippen molar-refractivity contribution in [3.8, 4) is 22.3 Å². The Morgan fingerprint density at radius 2 is 0.961 bits per heavy atom. The zero-order chi connectivity index (χ0) is 50.7. The molecule has 1 saturated carbocycles. The average molecular weight is 981 g/mol. The van der Waals surface area contributed by atoms with Crippen molar-refractivity contribution in [1.29, 1.82) is 0 Å². The van der Waals surface area contributed by atoms with Gasteiger partial charge in [0.15, 0.2) is 0 Å². The second-order valence-corrected chi connectivity index (χ2v) is 21.9. The van der Waals surface area contributed by atoms with Crippen molar-refractivity contribution in [2.75, 3.05) is 9.80 Å². The summed E-state index contributed by atoms with van der Waals surface area (Å²) in [6.45, 7) is 4.63. The second kappa shape index (κ2) is 19.2. The number of rotatable bonds is 12. The van der Waals surface area contributed by atoms with E-state index in [1.807, 2.05) is 0 Å². The van der Waals surface area contributed by atoms with E-state index in [1.54, 1.807) is 0 Å². The van der Waals surface area contributed by atoms with Crippen LogP contribution in [0.4, 0.5) is 34.1 Å². The van der Waals surface area contributed by atoms with Crippen molar-refractivity contribution in [2.45, 2.75) is 88.9 Å². The Morgan fingerprint density at radius 1 is 0.421 bits per heavy atom. The van der Waals surface area contributed by atoms with Crippen LogP contribution in [0.1, 0.15) is 117 Å². The Labute approximate surface area is 448 Å². The summed E-state index contributed by atoms with van der Waals surface area (Å²) in [5.74, 6) is 1.24. The van der Waals surface area contributed by atoms with E-state index in [0.717, 1.165) is 29.2 Å². The molecular weight excluding hydrogens is 917 g/mol. The van der Waals surface area contributed by atoms with Crippen LogP contribution in [0.5, 0.6) is 0 Å². The first-order valence-electron chi connectivity index (χ1n) is 28.3. The van der Waals surface area contributed by atoms with Gasteiger partial charge in [0.05, 0.1) is 5.41 Å². The van der Waals surface area contributed by atoms with Crippen molar-refractivity contribution in [1.82, 2.24) is 0 Å². The van der Waals surface area contributed by atoms with Crippen molar-refractivity contribution in [3.63, 3.8) is 0 Å². The van der Waals surface area contributed by atoms with E-state index in [9.17, 15) is 0 Å². The van der Waals surface area contributed by atoms with Gasteiger partial charge in [-0.1, -0.05) is 204 Å². The quantitative estimate of drug-likeness (QED) is 0.113. The van der Waals surface area contributed by atoms with Crippen molar-refractivity contribution < 1.29 is 0 Å². The maximum absolute atomic E-state index is 2.49. The summed E-state index contributed by atoms with van der Waals surface area (Å²) >= 11 is 0. The molecule has 0 saturated heterocycles. The highest BCUT2D eigenvalue weighted by Gasteiger charge is 2.54. The van der Waals surface area contributed by atoms with Crippen LogP contribution in [-0.2, 0) is 5.41 Å². The Hall–Kier alpha value is -8.20. The van der Waals surface area contributed by atoms with Gasteiger partial charge in [0.2, 0.25) is 0 Å². The van der Waals surface area contributed by atoms with Gasteiger partial charge in [0.25, 0.3) is 0 Å². The fourth-order valence-electron chi connectivity index (χ4n) is 14.3. The molecule has 2 nitrogen and oxygen atoms in total. The highest BCUT2D eigenvalue weighted by atomic mass is 15.1. The van der Waals surface area contributed by atoms with E-state index in [-0.39, 0.29) is 0 Å². The van der Waals surface area contributed by atoms with Crippen LogP contribution >= 0.6 is 0 Å². The third kappa shape index (κ3) is 7.36. The Balaban J connectivity index is 0.987. The molecule has 1 fully saturated rings. The lowest BCUT2D eigenvalue weighted by molar-refractivity contribution is 0.443. The van der Waals surface area contributed by atoms with E-state index in [2.05, 4.69) is 254 Å². The number of para-hydroxylation sites is 2. The molecule has 0 bridgehead atoms. The molecule has 0 radical (unpaired) electrons. The Bertz CT molecular complexity index is 3900. The third-order valence-electron chi connectivity index (χ3n) is 17.8. The normalized spacial score (nSPS) is 14.7. The summed E-state index contributed by atoms with van der Waals surface area (Å²) in [6, 6.07) is 88.1. The molecule has 0 amide bonds. The summed E-state index contributed by atoms with van der Waals surface area (Å²) in [5, 5.41) is 7.65. The average Bonchev–Trinajstić information content (AvgIpc) is 3.94. The molecule has 76 heavy (non-hydrogen) atoms. The maximum Gasteiger partial charge on any atom is 0.0737 e. The highest BCUT2D eigenvalue weighted by Crippen LogP contribution is 2.67. The van der Waals surface area contributed by atoms with Crippen molar-refractivity contribution in [2.24, 2.45) is 0 Å². The molecule has 14 rings (SSSR count). The van der Waals surface area contributed by atoms with E-state index in [1.165, 1.54) is 151 Å². The Morgan fingerprint density at radius 3 is 1.59 bits per heavy atom. The third-order valence-corrected chi connectivity index (χ3v) is 17.8. The monoisotopic (exact) mass is 981 g/mol. The van der Waals surface area contributed by atoms with Crippen LogP contribution in [-0.4, -0.2) is 0 Å². The lowest BCUT2D eigenvalue weighted by atomic mass is 9.68. The van der Waals surface area contributed by atoms with E-state index >= 15 is 0 Å².